The molecular weight excluding hydrogens is 354 g/mol. The van der Waals surface area contributed by atoms with Gasteiger partial charge < -0.3 is 14.5 Å². The van der Waals surface area contributed by atoms with E-state index < -0.39 is 0 Å². The molecule has 7 heteroatoms. The van der Waals surface area contributed by atoms with Gasteiger partial charge in [-0.2, -0.15) is 0 Å². The first kappa shape index (κ1) is 18.2. The van der Waals surface area contributed by atoms with E-state index in [2.05, 4.69) is 9.97 Å². The maximum Gasteiger partial charge on any atom is 0.258 e. The normalized spacial score (nSPS) is 11.1. The molecule has 0 unspecified atom stereocenters. The summed E-state index contributed by atoms with van der Waals surface area (Å²) in [5, 5.41) is 1.18. The first-order valence-corrected chi connectivity index (χ1v) is 8.46. The summed E-state index contributed by atoms with van der Waals surface area (Å²) in [7, 11) is 5.03. The van der Waals surface area contributed by atoms with Crippen molar-refractivity contribution in [3.8, 4) is 11.5 Å². The molecule has 26 heavy (non-hydrogen) atoms. The van der Waals surface area contributed by atoms with Gasteiger partial charge in [0, 0.05) is 17.6 Å². The van der Waals surface area contributed by atoms with Crippen LogP contribution in [0.1, 0.15) is 11.4 Å². The predicted octanol–water partition coefficient (Wildman–Crippen LogP) is 3.23. The molecule has 0 amide bonds. The third-order valence-electron chi connectivity index (χ3n) is 4.08. The van der Waals surface area contributed by atoms with Crippen LogP contribution in [0.15, 0.2) is 41.2 Å². The molecule has 136 valence electrons. The number of rotatable bonds is 6. The largest absolute Gasteiger partial charge is 0.493 e. The molecule has 3 aromatic rings. The third-order valence-corrected chi connectivity index (χ3v) is 4.45. The number of ether oxygens (including phenoxy) is 2. The Kier molecular flexibility index (Phi) is 5.44. The van der Waals surface area contributed by atoms with E-state index in [4.69, 9.17) is 21.1 Å². The van der Waals surface area contributed by atoms with Crippen molar-refractivity contribution in [3.63, 3.8) is 0 Å². The quantitative estimate of drug-likeness (QED) is 0.718. The molecular formula is C19H20ClN3O3. The summed E-state index contributed by atoms with van der Waals surface area (Å²) < 4.78 is 10.5. The summed E-state index contributed by atoms with van der Waals surface area (Å²) >= 11 is 6.21. The van der Waals surface area contributed by atoms with Crippen LogP contribution in [0.4, 0.5) is 0 Å². The van der Waals surface area contributed by atoms with Crippen molar-refractivity contribution in [3.05, 3.63) is 63.2 Å². The van der Waals surface area contributed by atoms with Crippen molar-refractivity contribution in [2.45, 2.75) is 13.1 Å². The number of halogens is 1. The van der Waals surface area contributed by atoms with Gasteiger partial charge in [0.25, 0.3) is 5.56 Å². The van der Waals surface area contributed by atoms with Gasteiger partial charge in [0.15, 0.2) is 11.5 Å². The number of nitrogens with one attached hydrogen (secondary N) is 1. The zero-order valence-electron chi connectivity index (χ0n) is 14.9. The van der Waals surface area contributed by atoms with Crippen LogP contribution in [0.2, 0.25) is 5.02 Å². The fraction of sp³-hybridized carbons (Fsp3) is 0.263. The summed E-state index contributed by atoms with van der Waals surface area (Å²) in [4.78, 5) is 21.9. The fourth-order valence-electron chi connectivity index (χ4n) is 2.82. The number of H-pyrrole nitrogens is 1. The van der Waals surface area contributed by atoms with E-state index >= 15 is 0 Å². The average molecular weight is 374 g/mol. The SMILES string of the molecule is COc1cc2nc(CN(C)Cc3ccccc3Cl)[nH]c(=O)c2cc1OC. The van der Waals surface area contributed by atoms with Crippen LogP contribution >= 0.6 is 11.6 Å². The smallest absolute Gasteiger partial charge is 0.258 e. The summed E-state index contributed by atoms with van der Waals surface area (Å²) in [6.45, 7) is 1.12. The highest BCUT2D eigenvalue weighted by molar-refractivity contribution is 6.31. The van der Waals surface area contributed by atoms with E-state index in [1.807, 2.05) is 36.2 Å². The lowest BCUT2D eigenvalue weighted by Gasteiger charge is -2.17. The molecule has 0 saturated carbocycles. The lowest BCUT2D eigenvalue weighted by Crippen LogP contribution is -2.22. The zero-order valence-corrected chi connectivity index (χ0v) is 15.6. The molecule has 0 saturated heterocycles. The van der Waals surface area contributed by atoms with Gasteiger partial charge in [-0.1, -0.05) is 29.8 Å². The lowest BCUT2D eigenvalue weighted by molar-refractivity contribution is 0.311. The fourth-order valence-corrected chi connectivity index (χ4v) is 3.01. The topological polar surface area (TPSA) is 67.5 Å². The second-order valence-electron chi connectivity index (χ2n) is 6.00. The van der Waals surface area contributed by atoms with Crippen molar-refractivity contribution < 1.29 is 9.47 Å². The Morgan fingerprint density at radius 3 is 2.50 bits per heavy atom. The average Bonchev–Trinajstić information content (AvgIpc) is 2.62. The molecule has 1 N–H and O–H groups in total. The molecule has 1 aromatic heterocycles. The Balaban J connectivity index is 1.88. The molecule has 0 spiro atoms. The molecule has 0 aliphatic carbocycles. The van der Waals surface area contributed by atoms with E-state index in [0.29, 0.717) is 41.3 Å². The van der Waals surface area contributed by atoms with E-state index in [1.165, 1.54) is 7.11 Å². The van der Waals surface area contributed by atoms with Crippen LogP contribution in [-0.4, -0.2) is 36.1 Å². The second kappa shape index (κ2) is 7.76. The van der Waals surface area contributed by atoms with Gasteiger partial charge in [-0.15, -0.1) is 0 Å². The molecule has 0 atom stereocenters. The third kappa shape index (κ3) is 3.81. The summed E-state index contributed by atoms with van der Waals surface area (Å²) in [6, 6.07) is 11.0. The highest BCUT2D eigenvalue weighted by Gasteiger charge is 2.12. The summed E-state index contributed by atoms with van der Waals surface area (Å²) in [5.74, 6) is 1.61. The molecule has 6 nitrogen and oxygen atoms in total. The first-order valence-electron chi connectivity index (χ1n) is 8.08. The predicted molar refractivity (Wildman–Crippen MR) is 102 cm³/mol. The summed E-state index contributed by atoms with van der Waals surface area (Å²) in [6.07, 6.45) is 0. The highest BCUT2D eigenvalue weighted by Crippen LogP contribution is 2.30. The van der Waals surface area contributed by atoms with Crippen LogP contribution in [0.5, 0.6) is 11.5 Å². The first-order chi connectivity index (χ1) is 12.5. The monoisotopic (exact) mass is 373 g/mol. The number of benzene rings is 2. The van der Waals surface area contributed by atoms with Crippen molar-refractivity contribution in [2.24, 2.45) is 0 Å². The van der Waals surface area contributed by atoms with E-state index in [0.717, 1.165) is 10.6 Å². The number of hydrogen-bond acceptors (Lipinski definition) is 5. The van der Waals surface area contributed by atoms with Gasteiger partial charge in [0.05, 0.1) is 31.7 Å². The van der Waals surface area contributed by atoms with Crippen LogP contribution in [-0.2, 0) is 13.1 Å². The molecule has 2 aromatic carbocycles. The molecule has 0 fully saturated rings. The van der Waals surface area contributed by atoms with Crippen LogP contribution in [0.3, 0.4) is 0 Å². The van der Waals surface area contributed by atoms with Crippen LogP contribution in [0, 0.1) is 0 Å². The van der Waals surface area contributed by atoms with Crippen LogP contribution < -0.4 is 15.0 Å². The minimum absolute atomic E-state index is 0.211. The van der Waals surface area contributed by atoms with Gasteiger partial charge in [0.2, 0.25) is 0 Å². The van der Waals surface area contributed by atoms with Gasteiger partial charge in [0.1, 0.15) is 5.82 Å². The Morgan fingerprint density at radius 2 is 1.81 bits per heavy atom. The number of methoxy groups -OCH3 is 2. The van der Waals surface area contributed by atoms with Gasteiger partial charge in [-0.25, -0.2) is 4.98 Å². The molecule has 0 aliphatic heterocycles. The zero-order chi connectivity index (χ0) is 18.7. The van der Waals surface area contributed by atoms with Crippen molar-refractivity contribution in [2.75, 3.05) is 21.3 Å². The van der Waals surface area contributed by atoms with Gasteiger partial charge >= 0.3 is 0 Å². The molecule has 3 rings (SSSR count). The second-order valence-corrected chi connectivity index (χ2v) is 6.41. The number of nitrogens with zero attached hydrogens (tertiary/aromatic N) is 2. The minimum Gasteiger partial charge on any atom is -0.493 e. The molecule has 0 bridgehead atoms. The van der Waals surface area contributed by atoms with Gasteiger partial charge in [-0.3, -0.25) is 9.69 Å². The number of hydrogen-bond donors (Lipinski definition) is 1. The van der Waals surface area contributed by atoms with E-state index in [9.17, 15) is 4.79 Å². The number of aromatic amines is 1. The molecule has 0 radical (unpaired) electrons. The maximum atomic E-state index is 12.4. The lowest BCUT2D eigenvalue weighted by atomic mass is 10.2. The Morgan fingerprint density at radius 1 is 1.12 bits per heavy atom. The van der Waals surface area contributed by atoms with Gasteiger partial charge in [-0.05, 0) is 24.7 Å². The summed E-state index contributed by atoms with van der Waals surface area (Å²) in [5.41, 5.74) is 1.37. The number of fused-ring (bicyclic) bond motifs is 1. The van der Waals surface area contributed by atoms with E-state index in [-0.39, 0.29) is 5.56 Å². The standard InChI is InChI=1S/C19H20ClN3O3/c1-23(10-12-6-4-5-7-14(12)20)11-18-21-15-9-17(26-3)16(25-2)8-13(15)19(24)22-18/h4-9H,10-11H2,1-3H3,(H,21,22,24). The Labute approximate surface area is 156 Å². The Hall–Kier alpha value is -2.57. The van der Waals surface area contributed by atoms with Crippen molar-refractivity contribution in [1.29, 1.82) is 0 Å². The van der Waals surface area contributed by atoms with Crippen molar-refractivity contribution >= 4 is 22.5 Å². The highest BCUT2D eigenvalue weighted by atomic mass is 35.5. The van der Waals surface area contributed by atoms with Crippen LogP contribution in [0.25, 0.3) is 10.9 Å². The maximum absolute atomic E-state index is 12.4. The molecule has 0 aliphatic rings. The van der Waals surface area contributed by atoms with Crippen molar-refractivity contribution in [1.82, 2.24) is 14.9 Å². The van der Waals surface area contributed by atoms with E-state index in [1.54, 1.807) is 19.2 Å². The molecule has 1 heterocycles. The number of aromatic nitrogens is 2. The minimum atomic E-state index is -0.211. The Bertz CT molecular complexity index is 987.